The molecule has 1 aromatic rings. The van der Waals surface area contributed by atoms with Gasteiger partial charge in [0.15, 0.2) is 0 Å². The Labute approximate surface area is 140 Å². The minimum Gasteiger partial charge on any atom is -0.338 e. The fourth-order valence-corrected chi connectivity index (χ4v) is 4.00. The van der Waals surface area contributed by atoms with Crippen LogP contribution in [0.3, 0.4) is 0 Å². The number of nitrogens with zero attached hydrogens (tertiary/aromatic N) is 1. The summed E-state index contributed by atoms with van der Waals surface area (Å²) >= 11 is 0. The van der Waals surface area contributed by atoms with Gasteiger partial charge in [0, 0.05) is 18.5 Å². The number of rotatable bonds is 11. The number of hydrogen-bond donors (Lipinski definition) is 2. The fraction of sp³-hybridized carbons (Fsp3) is 0.600. The summed E-state index contributed by atoms with van der Waals surface area (Å²) in [4.78, 5) is 15.8. The van der Waals surface area contributed by atoms with Crippen molar-refractivity contribution in [3.8, 4) is 0 Å². The normalized spacial score (nSPS) is 12.0. The Hall–Kier alpha value is -1.35. The van der Waals surface area contributed by atoms with Crippen molar-refractivity contribution in [3.63, 3.8) is 0 Å². The van der Waals surface area contributed by atoms with Crippen molar-refractivity contribution in [3.05, 3.63) is 24.4 Å². The lowest BCUT2D eigenvalue weighted by molar-refractivity contribution is 0.185. The largest absolute Gasteiger partial charge is 0.338 e. The van der Waals surface area contributed by atoms with Gasteiger partial charge in [0.05, 0.1) is 30.7 Å². The minimum atomic E-state index is -1.99. The molecule has 0 aliphatic rings. The van der Waals surface area contributed by atoms with Crippen LogP contribution in [0.5, 0.6) is 0 Å². The van der Waals surface area contributed by atoms with Gasteiger partial charge in [-0.1, -0.05) is 6.07 Å². The van der Waals surface area contributed by atoms with E-state index in [1.54, 1.807) is 18.3 Å². The summed E-state index contributed by atoms with van der Waals surface area (Å²) in [5, 5.41) is 5.45. The lowest BCUT2D eigenvalue weighted by Crippen LogP contribution is -2.31. The summed E-state index contributed by atoms with van der Waals surface area (Å²) in [5.41, 5.74) is 0. The highest BCUT2D eigenvalue weighted by Crippen LogP contribution is 2.51. The maximum absolute atomic E-state index is 11.8. The van der Waals surface area contributed by atoms with Crippen LogP contribution in [0.1, 0.15) is 27.2 Å². The van der Waals surface area contributed by atoms with Gasteiger partial charge in [-0.2, -0.15) is 0 Å². The standard InChI is InChI=1S/C15H27N3O4S/c1-4-20-23(21-5-2,22-6-3)13-9-12-17-15(19)18-14-10-7-8-11-16-14/h7-8,10-11H,4-6,9,12-13H2,1-3H3,(H2,16,17,18,19). The van der Waals surface area contributed by atoms with E-state index in [-0.39, 0.29) is 6.03 Å². The molecule has 0 atom stereocenters. The van der Waals surface area contributed by atoms with E-state index < -0.39 is 10.9 Å². The molecular weight excluding hydrogens is 318 g/mol. The molecule has 0 aliphatic heterocycles. The molecule has 0 radical (unpaired) electrons. The lowest BCUT2D eigenvalue weighted by Gasteiger charge is -2.36. The molecule has 0 bridgehead atoms. The van der Waals surface area contributed by atoms with Gasteiger partial charge in [0.2, 0.25) is 0 Å². The van der Waals surface area contributed by atoms with Gasteiger partial charge in [-0.3, -0.25) is 17.9 Å². The first-order valence-corrected chi connectivity index (χ1v) is 9.43. The van der Waals surface area contributed by atoms with Crippen molar-refractivity contribution in [2.75, 3.05) is 37.4 Å². The molecule has 2 N–H and O–H groups in total. The SMILES string of the molecule is CCOS(CCCNC(=O)Nc1ccccn1)(OCC)OCC. The number of carbonyl (C=O) groups excluding carboxylic acids is 1. The fourth-order valence-electron chi connectivity index (χ4n) is 1.87. The van der Waals surface area contributed by atoms with Crippen molar-refractivity contribution in [2.45, 2.75) is 27.2 Å². The molecule has 7 nitrogen and oxygen atoms in total. The third kappa shape index (κ3) is 7.65. The highest BCUT2D eigenvalue weighted by molar-refractivity contribution is 8.21. The molecule has 2 amide bonds. The van der Waals surface area contributed by atoms with Crippen molar-refractivity contribution in [1.82, 2.24) is 10.3 Å². The Kier molecular flexibility index (Phi) is 9.61. The summed E-state index contributed by atoms with van der Waals surface area (Å²) in [6.45, 7) is 7.84. The number of carbonyl (C=O) groups is 1. The van der Waals surface area contributed by atoms with Gasteiger partial charge in [0.25, 0.3) is 0 Å². The Balaban J connectivity index is 2.36. The molecule has 1 aromatic heterocycles. The van der Waals surface area contributed by atoms with E-state index in [0.717, 1.165) is 0 Å². The van der Waals surface area contributed by atoms with E-state index in [1.165, 1.54) is 0 Å². The van der Waals surface area contributed by atoms with Crippen LogP contribution in [0, 0.1) is 0 Å². The molecule has 1 rings (SSSR count). The van der Waals surface area contributed by atoms with E-state index in [2.05, 4.69) is 15.6 Å². The second-order valence-electron chi connectivity index (χ2n) is 4.43. The Bertz CT molecular complexity index is 431. The van der Waals surface area contributed by atoms with Crippen molar-refractivity contribution < 1.29 is 17.3 Å². The second-order valence-corrected chi connectivity index (χ2v) is 6.66. The van der Waals surface area contributed by atoms with E-state index in [0.29, 0.717) is 44.4 Å². The van der Waals surface area contributed by atoms with Gasteiger partial charge in [-0.25, -0.2) is 9.78 Å². The first-order chi connectivity index (χ1) is 11.2. The third-order valence-electron chi connectivity index (χ3n) is 2.66. The maximum Gasteiger partial charge on any atom is 0.320 e. The summed E-state index contributed by atoms with van der Waals surface area (Å²) < 4.78 is 17.1. The monoisotopic (exact) mass is 345 g/mol. The van der Waals surface area contributed by atoms with Crippen molar-refractivity contribution >= 4 is 22.7 Å². The molecule has 132 valence electrons. The smallest absolute Gasteiger partial charge is 0.320 e. The minimum absolute atomic E-state index is 0.284. The van der Waals surface area contributed by atoms with Gasteiger partial charge in [-0.05, 0) is 39.3 Å². The summed E-state index contributed by atoms with van der Waals surface area (Å²) in [5.74, 6) is 1.13. The van der Waals surface area contributed by atoms with E-state index in [9.17, 15) is 4.79 Å². The number of hydrogen-bond acceptors (Lipinski definition) is 5. The summed E-state index contributed by atoms with van der Waals surface area (Å²) in [6, 6.07) is 5.05. The predicted octanol–water partition coefficient (Wildman–Crippen LogP) is 3.25. The van der Waals surface area contributed by atoms with Crippen LogP contribution in [0.2, 0.25) is 0 Å². The number of amides is 2. The first kappa shape index (κ1) is 19.7. The average molecular weight is 345 g/mol. The molecule has 0 spiro atoms. The van der Waals surface area contributed by atoms with E-state index in [4.69, 9.17) is 12.5 Å². The van der Waals surface area contributed by atoms with Gasteiger partial charge >= 0.3 is 6.03 Å². The second kappa shape index (κ2) is 11.2. The lowest BCUT2D eigenvalue weighted by atomic mass is 10.4. The molecule has 0 aromatic carbocycles. The van der Waals surface area contributed by atoms with Crippen LogP contribution in [0.15, 0.2) is 24.4 Å². The molecular formula is C15H27N3O4S. The molecule has 0 aliphatic carbocycles. The first-order valence-electron chi connectivity index (χ1n) is 7.85. The van der Waals surface area contributed by atoms with Crippen LogP contribution < -0.4 is 10.6 Å². The molecule has 0 unspecified atom stereocenters. The highest BCUT2D eigenvalue weighted by atomic mass is 32.3. The van der Waals surface area contributed by atoms with Crippen LogP contribution in [0.4, 0.5) is 10.6 Å². The number of anilines is 1. The van der Waals surface area contributed by atoms with E-state index >= 15 is 0 Å². The zero-order valence-electron chi connectivity index (χ0n) is 14.0. The third-order valence-corrected chi connectivity index (χ3v) is 5.23. The predicted molar refractivity (Wildman–Crippen MR) is 93.2 cm³/mol. The van der Waals surface area contributed by atoms with Crippen LogP contribution >= 0.6 is 10.9 Å². The van der Waals surface area contributed by atoms with E-state index in [1.807, 2.05) is 26.8 Å². The zero-order valence-corrected chi connectivity index (χ0v) is 14.9. The Morgan fingerprint density at radius 3 is 2.30 bits per heavy atom. The summed E-state index contributed by atoms with van der Waals surface area (Å²) in [7, 11) is -1.99. The van der Waals surface area contributed by atoms with Gasteiger partial charge in [0.1, 0.15) is 5.82 Å². The summed E-state index contributed by atoms with van der Waals surface area (Å²) in [6.07, 6.45) is 2.32. The molecule has 0 fully saturated rings. The molecule has 0 saturated carbocycles. The molecule has 23 heavy (non-hydrogen) atoms. The molecule has 1 heterocycles. The topological polar surface area (TPSA) is 81.7 Å². The van der Waals surface area contributed by atoms with Gasteiger partial charge < -0.3 is 5.32 Å². The zero-order chi connectivity index (χ0) is 17.0. The number of aromatic nitrogens is 1. The Morgan fingerprint density at radius 1 is 1.13 bits per heavy atom. The number of nitrogens with one attached hydrogen (secondary N) is 2. The van der Waals surface area contributed by atoms with Crippen molar-refractivity contribution in [2.24, 2.45) is 0 Å². The van der Waals surface area contributed by atoms with Crippen molar-refractivity contribution in [1.29, 1.82) is 0 Å². The molecule has 8 heteroatoms. The van der Waals surface area contributed by atoms with Crippen LogP contribution in [-0.2, 0) is 12.5 Å². The molecule has 0 saturated heterocycles. The maximum atomic E-state index is 11.8. The van der Waals surface area contributed by atoms with Crippen LogP contribution in [0.25, 0.3) is 0 Å². The van der Waals surface area contributed by atoms with Gasteiger partial charge in [-0.15, -0.1) is 0 Å². The average Bonchev–Trinajstić information content (AvgIpc) is 2.53. The quantitative estimate of drug-likeness (QED) is 0.602. The highest BCUT2D eigenvalue weighted by Gasteiger charge is 2.25. The van der Waals surface area contributed by atoms with Crippen LogP contribution in [-0.4, -0.2) is 43.1 Å². The number of pyridine rings is 1. The Morgan fingerprint density at radius 2 is 1.78 bits per heavy atom. The number of urea groups is 1.